The molecule has 1 unspecified atom stereocenters. The molecule has 84 valence electrons. The second-order valence-electron chi connectivity index (χ2n) is 4.57. The van der Waals surface area contributed by atoms with Crippen molar-refractivity contribution >= 4 is 6.03 Å². The van der Waals surface area contributed by atoms with Crippen molar-refractivity contribution in [2.75, 3.05) is 0 Å². The molecule has 2 amide bonds. The normalized spacial score (nSPS) is 25.9. The van der Waals surface area contributed by atoms with E-state index in [0.29, 0.717) is 6.54 Å². The van der Waals surface area contributed by atoms with Gasteiger partial charge < -0.3 is 10.4 Å². The van der Waals surface area contributed by atoms with Gasteiger partial charge in [0.05, 0.1) is 12.1 Å². The molecule has 1 aromatic carbocycles. The first-order chi connectivity index (χ1) is 7.71. The number of aliphatic hydroxyl groups excluding tert-OH is 1. The van der Waals surface area contributed by atoms with Gasteiger partial charge in [0.1, 0.15) is 0 Å². The largest absolute Gasteiger partial charge is 0.371 e. The molecule has 1 atom stereocenters. The van der Waals surface area contributed by atoms with E-state index in [2.05, 4.69) is 5.32 Å². The molecule has 4 nitrogen and oxygen atoms in total. The third-order valence-corrected chi connectivity index (χ3v) is 3.39. The molecule has 2 aliphatic rings. The summed E-state index contributed by atoms with van der Waals surface area (Å²) in [6, 6.07) is 9.56. The predicted molar refractivity (Wildman–Crippen MR) is 58.5 cm³/mol. The summed E-state index contributed by atoms with van der Waals surface area (Å²) in [6.07, 6.45) is 1.08. The van der Waals surface area contributed by atoms with Crippen LogP contribution in [0.5, 0.6) is 0 Å². The number of nitrogens with one attached hydrogen (secondary N) is 1. The van der Waals surface area contributed by atoms with Crippen LogP contribution in [0.2, 0.25) is 0 Å². The molecule has 1 spiro atoms. The fourth-order valence-corrected chi connectivity index (χ4v) is 2.21. The van der Waals surface area contributed by atoms with Gasteiger partial charge in [-0.2, -0.15) is 0 Å². The van der Waals surface area contributed by atoms with Crippen molar-refractivity contribution in [2.45, 2.75) is 31.2 Å². The van der Waals surface area contributed by atoms with Gasteiger partial charge in [-0.05, 0) is 18.4 Å². The molecule has 1 heterocycles. The lowest BCUT2D eigenvalue weighted by molar-refractivity contribution is 0.0298. The maximum Gasteiger partial charge on any atom is 0.320 e. The van der Waals surface area contributed by atoms with Crippen LogP contribution in [0.25, 0.3) is 0 Å². The Kier molecular flexibility index (Phi) is 1.94. The van der Waals surface area contributed by atoms with Gasteiger partial charge in [-0.3, -0.25) is 4.90 Å². The van der Waals surface area contributed by atoms with Crippen LogP contribution in [0.4, 0.5) is 4.79 Å². The minimum absolute atomic E-state index is 0.158. The summed E-state index contributed by atoms with van der Waals surface area (Å²) >= 11 is 0. The number of urea groups is 1. The third-order valence-electron chi connectivity index (χ3n) is 3.39. The molecular formula is C12H14N2O2. The SMILES string of the molecule is O=C1NC2(CC2)C(O)N1Cc1ccccc1. The molecule has 1 aromatic rings. The number of carbonyl (C=O) groups is 1. The fourth-order valence-electron chi connectivity index (χ4n) is 2.21. The van der Waals surface area contributed by atoms with E-state index in [1.165, 1.54) is 4.90 Å². The Morgan fingerprint density at radius 3 is 2.62 bits per heavy atom. The Bertz CT molecular complexity index is 414. The van der Waals surface area contributed by atoms with Gasteiger partial charge in [-0.25, -0.2) is 4.79 Å². The summed E-state index contributed by atoms with van der Waals surface area (Å²) in [4.78, 5) is 13.2. The van der Waals surface area contributed by atoms with Crippen molar-refractivity contribution in [3.8, 4) is 0 Å². The lowest BCUT2D eigenvalue weighted by Gasteiger charge is -2.21. The zero-order valence-corrected chi connectivity index (χ0v) is 8.89. The molecule has 2 fully saturated rings. The number of benzene rings is 1. The molecule has 0 radical (unpaired) electrons. The molecular weight excluding hydrogens is 204 g/mol. The highest BCUT2D eigenvalue weighted by atomic mass is 16.3. The van der Waals surface area contributed by atoms with E-state index in [1.807, 2.05) is 30.3 Å². The first kappa shape index (κ1) is 9.66. The van der Waals surface area contributed by atoms with Gasteiger partial charge >= 0.3 is 6.03 Å². The van der Waals surface area contributed by atoms with Crippen molar-refractivity contribution in [3.63, 3.8) is 0 Å². The molecule has 2 N–H and O–H groups in total. The van der Waals surface area contributed by atoms with Gasteiger partial charge in [0.2, 0.25) is 0 Å². The standard InChI is InChI=1S/C12H14N2O2/c15-10-12(6-7-12)13-11(16)14(10)8-9-4-2-1-3-5-9/h1-5,10,15H,6-8H2,(H,13,16). The van der Waals surface area contributed by atoms with Crippen LogP contribution < -0.4 is 5.32 Å². The van der Waals surface area contributed by atoms with E-state index in [-0.39, 0.29) is 11.6 Å². The Labute approximate surface area is 93.9 Å². The van der Waals surface area contributed by atoms with E-state index >= 15 is 0 Å². The van der Waals surface area contributed by atoms with Crippen molar-refractivity contribution < 1.29 is 9.90 Å². The summed E-state index contributed by atoms with van der Waals surface area (Å²) in [6.45, 7) is 0.468. The molecule has 4 heteroatoms. The second kappa shape index (κ2) is 3.22. The third kappa shape index (κ3) is 1.38. The van der Waals surface area contributed by atoms with Crippen LogP contribution in [0.3, 0.4) is 0 Å². The van der Waals surface area contributed by atoms with Gasteiger partial charge in [0, 0.05) is 0 Å². The van der Waals surface area contributed by atoms with E-state index < -0.39 is 6.23 Å². The zero-order valence-electron chi connectivity index (χ0n) is 8.89. The first-order valence-electron chi connectivity index (χ1n) is 5.52. The summed E-state index contributed by atoms with van der Waals surface area (Å²) in [5.74, 6) is 0. The van der Waals surface area contributed by atoms with Crippen LogP contribution in [-0.2, 0) is 6.54 Å². The van der Waals surface area contributed by atoms with Crippen molar-refractivity contribution in [3.05, 3.63) is 35.9 Å². The highest BCUT2D eigenvalue weighted by Crippen LogP contribution is 2.43. The molecule has 0 bridgehead atoms. The summed E-state index contributed by atoms with van der Waals surface area (Å²) in [5.41, 5.74) is 0.695. The Morgan fingerprint density at radius 2 is 2.06 bits per heavy atom. The number of hydrogen-bond acceptors (Lipinski definition) is 2. The topological polar surface area (TPSA) is 52.6 Å². The van der Waals surface area contributed by atoms with Gasteiger partial charge in [-0.1, -0.05) is 30.3 Å². The van der Waals surface area contributed by atoms with E-state index in [4.69, 9.17) is 0 Å². The molecule has 1 aliphatic heterocycles. The minimum Gasteiger partial charge on any atom is -0.371 e. The van der Waals surface area contributed by atoms with E-state index in [0.717, 1.165) is 18.4 Å². The Balaban J connectivity index is 1.78. The van der Waals surface area contributed by atoms with Crippen LogP contribution in [0.15, 0.2) is 30.3 Å². The van der Waals surface area contributed by atoms with Gasteiger partial charge in [0.25, 0.3) is 0 Å². The van der Waals surface area contributed by atoms with Crippen LogP contribution >= 0.6 is 0 Å². The quantitative estimate of drug-likeness (QED) is 0.780. The van der Waals surface area contributed by atoms with Crippen molar-refractivity contribution in [1.29, 1.82) is 0 Å². The van der Waals surface area contributed by atoms with Crippen LogP contribution in [-0.4, -0.2) is 27.8 Å². The highest BCUT2D eigenvalue weighted by molar-refractivity contribution is 5.79. The van der Waals surface area contributed by atoms with Crippen molar-refractivity contribution in [1.82, 2.24) is 10.2 Å². The number of hydrogen-bond donors (Lipinski definition) is 2. The fraction of sp³-hybridized carbons (Fsp3) is 0.417. The number of nitrogens with zero attached hydrogens (tertiary/aromatic N) is 1. The number of rotatable bonds is 2. The molecule has 1 saturated carbocycles. The molecule has 1 saturated heterocycles. The smallest absolute Gasteiger partial charge is 0.320 e. The molecule has 3 rings (SSSR count). The summed E-state index contributed by atoms with van der Waals surface area (Å²) in [7, 11) is 0. The average Bonchev–Trinajstić information content (AvgIpc) is 3.03. The van der Waals surface area contributed by atoms with E-state index in [9.17, 15) is 9.90 Å². The lowest BCUT2D eigenvalue weighted by atomic mass is 10.2. The highest BCUT2D eigenvalue weighted by Gasteiger charge is 2.58. The minimum atomic E-state index is -0.680. The van der Waals surface area contributed by atoms with E-state index in [1.54, 1.807) is 0 Å². The maximum absolute atomic E-state index is 11.7. The van der Waals surface area contributed by atoms with Gasteiger partial charge in [-0.15, -0.1) is 0 Å². The maximum atomic E-state index is 11.7. The second-order valence-corrected chi connectivity index (χ2v) is 4.57. The molecule has 0 aromatic heterocycles. The monoisotopic (exact) mass is 218 g/mol. The lowest BCUT2D eigenvalue weighted by Crippen LogP contribution is -2.37. The van der Waals surface area contributed by atoms with Crippen molar-refractivity contribution in [2.24, 2.45) is 0 Å². The molecule has 16 heavy (non-hydrogen) atoms. The summed E-state index contributed by atoms with van der Waals surface area (Å²) in [5, 5.41) is 12.9. The number of carbonyl (C=O) groups excluding carboxylic acids is 1. The average molecular weight is 218 g/mol. The van der Waals surface area contributed by atoms with Crippen LogP contribution in [0, 0.1) is 0 Å². The zero-order chi connectivity index (χ0) is 11.2. The Morgan fingerprint density at radius 1 is 1.38 bits per heavy atom. The van der Waals surface area contributed by atoms with Gasteiger partial charge in [0.15, 0.2) is 6.23 Å². The Hall–Kier alpha value is -1.55. The number of amides is 2. The first-order valence-corrected chi connectivity index (χ1v) is 5.52. The van der Waals surface area contributed by atoms with Crippen LogP contribution in [0.1, 0.15) is 18.4 Å². The summed E-state index contributed by atoms with van der Waals surface area (Å²) < 4.78 is 0. The predicted octanol–water partition coefficient (Wildman–Crippen LogP) is 1.06. The molecule has 1 aliphatic carbocycles. The number of aliphatic hydroxyl groups is 1.